The second-order valence-electron chi connectivity index (χ2n) is 5.55. The molecule has 84 valence electrons. The van der Waals surface area contributed by atoms with E-state index in [1.54, 1.807) is 0 Å². The molecule has 1 fully saturated rings. The summed E-state index contributed by atoms with van der Waals surface area (Å²) in [5, 5.41) is 0. The van der Waals surface area contributed by atoms with Gasteiger partial charge in [0.25, 0.3) is 0 Å². The Morgan fingerprint density at radius 3 is 2.57 bits per heavy atom. The van der Waals surface area contributed by atoms with E-state index in [0.29, 0.717) is 23.4 Å². The third kappa shape index (κ3) is 2.87. The molecule has 1 nitrogen and oxygen atoms in total. The zero-order chi connectivity index (χ0) is 10.8. The zero-order valence-electron chi connectivity index (χ0n) is 9.85. The summed E-state index contributed by atoms with van der Waals surface area (Å²) in [6.07, 6.45) is 2.76. The van der Waals surface area contributed by atoms with Crippen LogP contribution in [0.3, 0.4) is 0 Å². The first kappa shape index (κ1) is 12.3. The van der Waals surface area contributed by atoms with Gasteiger partial charge in [-0.25, -0.2) is 0 Å². The summed E-state index contributed by atoms with van der Waals surface area (Å²) in [6.45, 7) is 10.0. The van der Waals surface area contributed by atoms with Gasteiger partial charge in [-0.05, 0) is 30.1 Å². The van der Waals surface area contributed by atoms with Crippen LogP contribution in [-0.4, -0.2) is 18.6 Å². The van der Waals surface area contributed by atoms with Gasteiger partial charge >= 0.3 is 0 Å². The normalized spacial score (nSPS) is 31.5. The van der Waals surface area contributed by atoms with Crippen molar-refractivity contribution in [2.75, 3.05) is 12.5 Å². The maximum absolute atomic E-state index is 5.99. The molecule has 1 heterocycles. The van der Waals surface area contributed by atoms with E-state index in [9.17, 15) is 0 Å². The predicted molar refractivity (Wildman–Crippen MR) is 61.8 cm³/mol. The lowest BCUT2D eigenvalue weighted by Gasteiger charge is -2.40. The van der Waals surface area contributed by atoms with E-state index in [1.807, 2.05) is 0 Å². The largest absolute Gasteiger partial charge is 0.378 e. The smallest absolute Gasteiger partial charge is 0.0645 e. The molecule has 0 N–H and O–H groups in total. The summed E-state index contributed by atoms with van der Waals surface area (Å²) in [7, 11) is 0. The first-order valence-electron chi connectivity index (χ1n) is 5.64. The van der Waals surface area contributed by atoms with E-state index >= 15 is 0 Å². The van der Waals surface area contributed by atoms with E-state index < -0.39 is 0 Å². The van der Waals surface area contributed by atoms with Crippen LogP contribution in [0.15, 0.2) is 0 Å². The highest BCUT2D eigenvalue weighted by molar-refractivity contribution is 6.18. The standard InChI is InChI=1S/C12H23ClO/c1-9(12(2,3)4)11-10(8-13)6-5-7-14-11/h9-11H,5-8H2,1-4H3. The molecule has 1 saturated heterocycles. The first-order valence-corrected chi connectivity index (χ1v) is 6.18. The first-order chi connectivity index (χ1) is 6.46. The molecule has 1 aliphatic rings. The van der Waals surface area contributed by atoms with Crippen LogP contribution in [0.1, 0.15) is 40.5 Å². The lowest BCUT2D eigenvalue weighted by Crippen LogP contribution is -2.41. The fourth-order valence-corrected chi connectivity index (χ4v) is 2.41. The molecule has 1 rings (SSSR count). The molecule has 0 radical (unpaired) electrons. The Balaban J connectivity index is 2.63. The molecule has 0 bridgehead atoms. The van der Waals surface area contributed by atoms with E-state index in [0.717, 1.165) is 12.5 Å². The molecule has 0 aromatic heterocycles. The van der Waals surface area contributed by atoms with Crippen molar-refractivity contribution in [1.29, 1.82) is 0 Å². The Morgan fingerprint density at radius 2 is 2.07 bits per heavy atom. The monoisotopic (exact) mass is 218 g/mol. The summed E-state index contributed by atoms with van der Waals surface area (Å²) in [4.78, 5) is 0. The van der Waals surface area contributed by atoms with Crippen LogP contribution in [-0.2, 0) is 4.74 Å². The highest BCUT2D eigenvalue weighted by atomic mass is 35.5. The lowest BCUT2D eigenvalue weighted by molar-refractivity contribution is -0.0753. The van der Waals surface area contributed by atoms with Crippen molar-refractivity contribution >= 4 is 11.6 Å². The van der Waals surface area contributed by atoms with Gasteiger partial charge < -0.3 is 4.74 Å². The summed E-state index contributed by atoms with van der Waals surface area (Å²) in [5.41, 5.74) is 0.312. The van der Waals surface area contributed by atoms with E-state index in [2.05, 4.69) is 27.7 Å². The van der Waals surface area contributed by atoms with Crippen LogP contribution >= 0.6 is 11.6 Å². The van der Waals surface area contributed by atoms with Gasteiger partial charge in [-0.15, -0.1) is 11.6 Å². The lowest BCUT2D eigenvalue weighted by atomic mass is 9.74. The third-order valence-corrected chi connectivity index (χ3v) is 3.95. The van der Waals surface area contributed by atoms with E-state index in [4.69, 9.17) is 16.3 Å². The number of halogens is 1. The number of ether oxygens (including phenoxy) is 1. The number of hydrogen-bond donors (Lipinski definition) is 0. The minimum atomic E-state index is 0.312. The highest BCUT2D eigenvalue weighted by Crippen LogP contribution is 2.36. The summed E-state index contributed by atoms with van der Waals surface area (Å²) in [6, 6.07) is 0. The van der Waals surface area contributed by atoms with Crippen LogP contribution in [0.4, 0.5) is 0 Å². The second kappa shape index (κ2) is 4.85. The molecular weight excluding hydrogens is 196 g/mol. The Morgan fingerprint density at radius 1 is 1.43 bits per heavy atom. The SMILES string of the molecule is CC(C1OCCCC1CCl)C(C)(C)C. The van der Waals surface area contributed by atoms with E-state index in [1.165, 1.54) is 12.8 Å². The minimum Gasteiger partial charge on any atom is -0.378 e. The summed E-state index contributed by atoms with van der Waals surface area (Å²) >= 11 is 5.99. The maximum atomic E-state index is 5.99. The molecule has 0 aromatic rings. The van der Waals surface area contributed by atoms with Gasteiger partial charge in [-0.3, -0.25) is 0 Å². The van der Waals surface area contributed by atoms with Crippen molar-refractivity contribution < 1.29 is 4.74 Å². The van der Waals surface area contributed by atoms with Crippen molar-refractivity contribution in [2.24, 2.45) is 17.3 Å². The van der Waals surface area contributed by atoms with Crippen LogP contribution in [0.25, 0.3) is 0 Å². The molecular formula is C12H23ClO. The van der Waals surface area contributed by atoms with Crippen molar-refractivity contribution in [1.82, 2.24) is 0 Å². The number of hydrogen-bond acceptors (Lipinski definition) is 1. The highest BCUT2D eigenvalue weighted by Gasteiger charge is 2.35. The fourth-order valence-electron chi connectivity index (χ4n) is 2.08. The predicted octanol–water partition coefficient (Wildman–Crippen LogP) is 3.70. The van der Waals surface area contributed by atoms with Crippen molar-refractivity contribution in [3.63, 3.8) is 0 Å². The van der Waals surface area contributed by atoms with E-state index in [-0.39, 0.29) is 0 Å². The topological polar surface area (TPSA) is 9.23 Å². The van der Waals surface area contributed by atoms with Crippen molar-refractivity contribution in [3.05, 3.63) is 0 Å². The van der Waals surface area contributed by atoms with Crippen LogP contribution in [0, 0.1) is 17.3 Å². The van der Waals surface area contributed by atoms with Crippen molar-refractivity contribution in [2.45, 2.75) is 46.6 Å². The summed E-state index contributed by atoms with van der Waals surface area (Å²) in [5.74, 6) is 1.87. The molecule has 0 saturated carbocycles. The van der Waals surface area contributed by atoms with Gasteiger partial charge in [0.2, 0.25) is 0 Å². The molecule has 0 amide bonds. The number of alkyl halides is 1. The van der Waals surface area contributed by atoms with Crippen LogP contribution in [0.2, 0.25) is 0 Å². The molecule has 1 aliphatic heterocycles. The molecule has 14 heavy (non-hydrogen) atoms. The molecule has 0 aliphatic carbocycles. The Labute approximate surface area is 93.2 Å². The van der Waals surface area contributed by atoms with Gasteiger partial charge in [0.15, 0.2) is 0 Å². The van der Waals surface area contributed by atoms with Crippen LogP contribution in [0.5, 0.6) is 0 Å². The molecule has 0 aromatic carbocycles. The van der Waals surface area contributed by atoms with Gasteiger partial charge in [-0.1, -0.05) is 27.7 Å². The van der Waals surface area contributed by atoms with Crippen LogP contribution < -0.4 is 0 Å². The van der Waals surface area contributed by atoms with Gasteiger partial charge in [0, 0.05) is 12.5 Å². The zero-order valence-corrected chi connectivity index (χ0v) is 10.6. The summed E-state index contributed by atoms with van der Waals surface area (Å²) < 4.78 is 5.89. The maximum Gasteiger partial charge on any atom is 0.0645 e. The molecule has 3 atom stereocenters. The van der Waals surface area contributed by atoms with Crippen molar-refractivity contribution in [3.8, 4) is 0 Å². The quantitative estimate of drug-likeness (QED) is 0.643. The van der Waals surface area contributed by atoms with Gasteiger partial charge in [-0.2, -0.15) is 0 Å². The number of rotatable bonds is 2. The van der Waals surface area contributed by atoms with Gasteiger partial charge in [0.05, 0.1) is 6.10 Å². The third-order valence-electron chi connectivity index (χ3n) is 3.55. The minimum absolute atomic E-state index is 0.312. The molecule has 2 heteroatoms. The molecule has 0 spiro atoms. The second-order valence-corrected chi connectivity index (χ2v) is 5.86. The average Bonchev–Trinajstić information content (AvgIpc) is 2.15. The van der Waals surface area contributed by atoms with Gasteiger partial charge in [0.1, 0.15) is 0 Å². The fraction of sp³-hybridized carbons (Fsp3) is 1.00. The Bertz CT molecular complexity index is 174. The average molecular weight is 219 g/mol. The Kier molecular flexibility index (Phi) is 4.27. The Hall–Kier alpha value is 0.250. The molecule has 3 unspecified atom stereocenters.